The summed E-state index contributed by atoms with van der Waals surface area (Å²) >= 11 is 1.16. The van der Waals surface area contributed by atoms with Gasteiger partial charge in [-0.3, -0.25) is 32.5 Å². The molecule has 2 aromatic rings. The molecule has 0 saturated carbocycles. The van der Waals surface area contributed by atoms with Gasteiger partial charge in [0.2, 0.25) is 11.8 Å². The fourth-order valence-electron chi connectivity index (χ4n) is 7.25. The third kappa shape index (κ3) is 21.9. The fraction of sp³-hybridized carbons (Fsp3) is 0.800. The van der Waals surface area contributed by atoms with Gasteiger partial charge in [-0.05, 0) is 12.3 Å². The van der Waals surface area contributed by atoms with Crippen molar-refractivity contribution in [3.05, 3.63) is 12.7 Å². The second-order valence-electron chi connectivity index (χ2n) is 17.6. The Kier molecular flexibility index (Phi) is 25.7. The smallest absolute Gasteiger partial charge is 0.386 e. The van der Waals surface area contributed by atoms with Crippen molar-refractivity contribution < 1.29 is 80.5 Å². The van der Waals surface area contributed by atoms with E-state index in [0.717, 1.165) is 54.2 Å². The molecule has 1 aliphatic heterocycles. The van der Waals surface area contributed by atoms with E-state index in [0.29, 0.717) is 12.2 Å². The SMILES string of the molecule is CCCCCCC(C)CCCCCCCCCCC(=O)SCCNC(=O)CCNC(=O)[C@H](O)C(C)(C)COP(=O)(O)OP(=O)(O)OC[C@H]1O[C@@H](n2cnc3c(N)ncnc32)[C@H](O)[C@@H]1OP(=O)(O)O. The molecule has 0 bridgehead atoms. The van der Waals surface area contributed by atoms with E-state index in [1.54, 1.807) is 0 Å². The highest BCUT2D eigenvalue weighted by molar-refractivity contribution is 8.13. The van der Waals surface area contributed by atoms with Crippen LogP contribution in [0.15, 0.2) is 12.7 Å². The number of amides is 2. The largest absolute Gasteiger partial charge is 0.481 e. The summed E-state index contributed by atoms with van der Waals surface area (Å²) in [6, 6.07) is 0. The van der Waals surface area contributed by atoms with Gasteiger partial charge >= 0.3 is 23.5 Å². The first-order valence-electron chi connectivity index (χ1n) is 23.0. The number of hydrogen-bond acceptors (Lipinski definition) is 18. The zero-order valence-electron chi connectivity index (χ0n) is 39.3. The minimum atomic E-state index is -5.57. The number of aromatic nitrogens is 4. The van der Waals surface area contributed by atoms with Gasteiger partial charge in [-0.2, -0.15) is 4.31 Å². The van der Waals surface area contributed by atoms with Crippen molar-refractivity contribution in [3.8, 4) is 0 Å². The first-order chi connectivity index (χ1) is 31.9. The first-order valence-corrected chi connectivity index (χ1v) is 28.5. The van der Waals surface area contributed by atoms with Crippen molar-refractivity contribution in [2.24, 2.45) is 11.3 Å². The van der Waals surface area contributed by atoms with E-state index in [2.05, 4.69) is 48.3 Å². The van der Waals surface area contributed by atoms with Crippen molar-refractivity contribution in [2.75, 3.05) is 37.8 Å². The average Bonchev–Trinajstić information content (AvgIpc) is 3.82. The number of nitrogens with one attached hydrogen (secondary N) is 2. The van der Waals surface area contributed by atoms with Crippen LogP contribution in [0.4, 0.5) is 5.82 Å². The van der Waals surface area contributed by atoms with Crippen LogP contribution in [-0.4, -0.2) is 123 Å². The number of carbonyl (C=O) groups excluding carboxylic acids is 3. The Hall–Kier alpha value is -2.44. The van der Waals surface area contributed by atoms with Crippen LogP contribution in [0.2, 0.25) is 0 Å². The number of anilines is 1. The second-order valence-corrected chi connectivity index (χ2v) is 23.0. The number of imidazole rings is 1. The van der Waals surface area contributed by atoms with E-state index >= 15 is 0 Å². The van der Waals surface area contributed by atoms with Gasteiger partial charge in [-0.1, -0.05) is 123 Å². The lowest BCUT2D eigenvalue weighted by Crippen LogP contribution is -2.46. The summed E-state index contributed by atoms with van der Waals surface area (Å²) in [5, 5.41) is 26.7. The van der Waals surface area contributed by atoms with Gasteiger partial charge in [-0.15, -0.1) is 0 Å². The van der Waals surface area contributed by atoms with Crippen LogP contribution in [0.1, 0.15) is 137 Å². The Balaban J connectivity index is 1.29. The molecule has 2 aromatic heterocycles. The molecule has 68 heavy (non-hydrogen) atoms. The van der Waals surface area contributed by atoms with Gasteiger partial charge in [0.1, 0.15) is 36.3 Å². The Morgan fingerprint density at radius 2 is 1.50 bits per heavy atom. The molecule has 1 saturated heterocycles. The molecule has 0 aromatic carbocycles. The molecule has 28 heteroatoms. The van der Waals surface area contributed by atoms with Crippen LogP contribution in [-0.2, 0) is 50.7 Å². The second kappa shape index (κ2) is 29.2. The molecule has 0 radical (unpaired) electrons. The minimum absolute atomic E-state index is 0.0339. The normalized spacial score (nSPS) is 20.4. The van der Waals surface area contributed by atoms with E-state index in [1.165, 1.54) is 84.5 Å². The maximum atomic E-state index is 12.7. The first kappa shape index (κ1) is 59.9. The molecular weight excluding hydrogens is 975 g/mol. The molecule has 3 unspecified atom stereocenters. The number of aliphatic hydroxyl groups excluding tert-OH is 2. The Morgan fingerprint density at radius 1 is 0.882 bits per heavy atom. The summed E-state index contributed by atoms with van der Waals surface area (Å²) in [6.07, 6.45) is 10.9. The maximum absolute atomic E-state index is 12.7. The lowest BCUT2D eigenvalue weighted by atomic mass is 9.87. The molecule has 1 aliphatic rings. The van der Waals surface area contributed by atoms with Crippen molar-refractivity contribution in [2.45, 2.75) is 161 Å². The van der Waals surface area contributed by atoms with Gasteiger partial charge in [0, 0.05) is 37.1 Å². The van der Waals surface area contributed by atoms with Crippen molar-refractivity contribution in [1.29, 1.82) is 0 Å². The molecule has 0 spiro atoms. The number of fused-ring (bicyclic) bond motifs is 1. The maximum Gasteiger partial charge on any atom is 0.481 e. The van der Waals surface area contributed by atoms with Crippen LogP contribution < -0.4 is 16.4 Å². The number of thioether (sulfide) groups is 1. The Morgan fingerprint density at radius 3 is 2.15 bits per heavy atom. The third-order valence-corrected chi connectivity index (χ3v) is 15.2. The monoisotopic (exact) mass is 1050 g/mol. The summed E-state index contributed by atoms with van der Waals surface area (Å²) in [6.45, 7) is 5.20. The number of aliphatic hydroxyl groups is 2. The van der Waals surface area contributed by atoms with E-state index in [4.69, 9.17) is 19.5 Å². The topological polar surface area (TPSA) is 364 Å². The van der Waals surface area contributed by atoms with Crippen LogP contribution >= 0.6 is 35.2 Å². The highest BCUT2D eigenvalue weighted by Gasteiger charge is 2.50. The number of unbranched alkanes of at least 4 members (excludes halogenated alkanes) is 10. The molecule has 10 N–H and O–H groups in total. The summed E-state index contributed by atoms with van der Waals surface area (Å²) < 4.78 is 62.5. The molecule has 1 fully saturated rings. The van der Waals surface area contributed by atoms with Crippen molar-refractivity contribution in [3.63, 3.8) is 0 Å². The zero-order valence-corrected chi connectivity index (χ0v) is 42.8. The highest BCUT2D eigenvalue weighted by atomic mass is 32.2. The molecule has 2 amide bonds. The van der Waals surface area contributed by atoms with Gasteiger partial charge in [0.05, 0.1) is 19.5 Å². The average molecular weight is 1050 g/mol. The molecule has 390 valence electrons. The number of rotatable bonds is 35. The Bertz CT molecular complexity index is 2030. The molecule has 3 heterocycles. The summed E-state index contributed by atoms with van der Waals surface area (Å²) in [5.74, 6) is -0.193. The van der Waals surface area contributed by atoms with Crippen LogP contribution in [0, 0.1) is 11.3 Å². The molecule has 0 aliphatic carbocycles. The van der Waals surface area contributed by atoms with E-state index in [1.807, 2.05) is 0 Å². The van der Waals surface area contributed by atoms with Crippen molar-refractivity contribution in [1.82, 2.24) is 30.2 Å². The zero-order chi connectivity index (χ0) is 50.5. The fourth-order valence-corrected chi connectivity index (χ4v) is 10.8. The van der Waals surface area contributed by atoms with E-state index in [-0.39, 0.29) is 41.6 Å². The lowest BCUT2D eigenvalue weighted by molar-refractivity contribution is -0.137. The minimum Gasteiger partial charge on any atom is -0.386 e. The number of nitrogens with two attached hydrogens (primary N) is 1. The lowest BCUT2D eigenvalue weighted by Gasteiger charge is -2.30. The summed E-state index contributed by atoms with van der Waals surface area (Å²) in [7, 11) is -16.4. The third-order valence-electron chi connectivity index (χ3n) is 11.1. The number of hydrogen-bond donors (Lipinski definition) is 9. The van der Waals surface area contributed by atoms with Crippen LogP contribution in [0.25, 0.3) is 11.2 Å². The number of phosphoric acid groups is 3. The van der Waals surface area contributed by atoms with E-state index in [9.17, 15) is 57.9 Å². The molecular formula is C40H72N7O17P3S. The number of phosphoric ester groups is 3. The van der Waals surface area contributed by atoms with Gasteiger partial charge in [0.15, 0.2) is 22.8 Å². The predicted molar refractivity (Wildman–Crippen MR) is 251 cm³/mol. The Labute approximate surface area is 401 Å². The quantitative estimate of drug-likeness (QED) is 0.0317. The predicted octanol–water partition coefficient (Wildman–Crippen LogP) is 5.17. The highest BCUT2D eigenvalue weighted by Crippen LogP contribution is 2.61. The van der Waals surface area contributed by atoms with E-state index < -0.39 is 84.6 Å². The number of nitrogens with zero attached hydrogens (tertiary/aromatic N) is 4. The van der Waals surface area contributed by atoms with Crippen molar-refractivity contribution >= 4 is 69.1 Å². The molecule has 3 rings (SSSR count). The number of ether oxygens (including phenoxy) is 1. The van der Waals surface area contributed by atoms with Crippen LogP contribution in [0.3, 0.4) is 0 Å². The summed E-state index contributed by atoms with van der Waals surface area (Å²) in [5.41, 5.74) is 4.29. The molecule has 24 nitrogen and oxygen atoms in total. The number of nitrogen functional groups attached to an aromatic ring is 1. The summed E-state index contributed by atoms with van der Waals surface area (Å²) in [4.78, 5) is 88.4. The van der Waals surface area contributed by atoms with Gasteiger partial charge in [-0.25, -0.2) is 28.6 Å². The van der Waals surface area contributed by atoms with Gasteiger partial charge in [0.25, 0.3) is 0 Å². The standard InChI is InChI=1S/C40H72N7O17P3S/c1-5-6-7-14-17-28(2)18-15-12-10-8-9-11-13-16-19-31(49)68-23-22-42-30(48)20-21-43-38(52)35(51)40(3,4)25-61-67(58,59)64-66(56,57)60-24-29-34(63-65(53,54)55)33(50)39(62-29)47-27-46-32-36(41)44-26-45-37(32)47/h26-29,33-35,39,50-51H,5-25H2,1-4H3,(H,42,48)(H,43,52)(H,56,57)(H,58,59)(H2,41,44,45)(H2,53,54,55)/t28?,29-,33-,34-,35+,39-/m1/s1. The van der Waals surface area contributed by atoms with Crippen LogP contribution in [0.5, 0.6) is 0 Å². The number of carbonyl (C=O) groups is 3. The molecule has 8 atom stereocenters. The van der Waals surface area contributed by atoms with Gasteiger partial charge < -0.3 is 50.9 Å².